The molecule has 0 saturated carbocycles. The van der Waals surface area contributed by atoms with Crippen LogP contribution < -0.4 is 10.6 Å². The van der Waals surface area contributed by atoms with E-state index in [1.807, 2.05) is 82.3 Å². The van der Waals surface area contributed by atoms with Crippen LogP contribution in [0.15, 0.2) is 103 Å². The van der Waals surface area contributed by atoms with E-state index in [0.29, 0.717) is 24.3 Å². The van der Waals surface area contributed by atoms with Crippen molar-refractivity contribution in [2.45, 2.75) is 71.0 Å². The highest BCUT2D eigenvalue weighted by molar-refractivity contribution is 5.92. The number of carbonyl (C=O) groups is 4. The van der Waals surface area contributed by atoms with E-state index in [0.717, 1.165) is 27.2 Å². The zero-order chi connectivity index (χ0) is 40.0. The highest BCUT2D eigenvalue weighted by Gasteiger charge is 2.35. The normalized spacial score (nSPS) is 13.0. The smallest absolute Gasteiger partial charge is 0.407 e. The third kappa shape index (κ3) is 10.9. The fourth-order valence-electron chi connectivity index (χ4n) is 6.88. The molecule has 2 unspecified atom stereocenters. The summed E-state index contributed by atoms with van der Waals surface area (Å²) in [7, 11) is 0. The van der Waals surface area contributed by atoms with E-state index in [1.54, 1.807) is 53.7 Å². The molecular weight excluding hydrogens is 714 g/mol. The molecule has 3 aromatic carbocycles. The highest BCUT2D eigenvalue weighted by atomic mass is 16.7. The third-order valence-electron chi connectivity index (χ3n) is 9.58. The number of ether oxygens (including phenoxy) is 3. The number of aromatic nitrogens is 1. The summed E-state index contributed by atoms with van der Waals surface area (Å²) in [6.45, 7) is 7.70. The molecule has 0 radical (unpaired) electrons. The zero-order valence-corrected chi connectivity index (χ0v) is 32.3. The molecule has 4 amide bonds. The molecule has 296 valence electrons. The number of nitrogens with zero attached hydrogens (tertiary/aromatic N) is 3. The van der Waals surface area contributed by atoms with Gasteiger partial charge in [-0.15, -0.1) is 0 Å². The van der Waals surface area contributed by atoms with Crippen LogP contribution in [0, 0.1) is 0 Å². The summed E-state index contributed by atoms with van der Waals surface area (Å²) in [6, 6.07) is 25.4. The van der Waals surface area contributed by atoms with E-state index < -0.39 is 48.9 Å². The van der Waals surface area contributed by atoms with Crippen molar-refractivity contribution < 1.29 is 38.5 Å². The maximum Gasteiger partial charge on any atom is 0.407 e. The fourth-order valence-corrected chi connectivity index (χ4v) is 6.88. The highest BCUT2D eigenvalue weighted by Crippen LogP contribution is 2.44. The number of alkyl carbamates (subject to hydrolysis) is 1. The monoisotopic (exact) mass is 765 g/mol. The molecule has 0 bridgehead atoms. The Morgan fingerprint density at radius 1 is 0.768 bits per heavy atom. The van der Waals surface area contributed by atoms with Crippen molar-refractivity contribution in [2.75, 3.05) is 32.9 Å². The number of rotatable bonds is 19. The second-order valence-corrected chi connectivity index (χ2v) is 13.7. The van der Waals surface area contributed by atoms with Gasteiger partial charge in [-0.2, -0.15) is 0 Å². The Hall–Kier alpha value is -5.79. The van der Waals surface area contributed by atoms with Gasteiger partial charge >= 0.3 is 12.2 Å². The van der Waals surface area contributed by atoms with Gasteiger partial charge in [0.2, 0.25) is 11.8 Å². The third-order valence-corrected chi connectivity index (χ3v) is 9.58. The SMILES string of the molecule is CCOC(CN(C(=O)C(Cc1cccnc1)NC(=O)C(CN(Cc1ccccc1)C(=O)O)NC(=O)OCC1c2ccccc2-c2ccccc21)C(C)C)OCC. The molecular formula is C43H51N5O8. The van der Waals surface area contributed by atoms with Crippen molar-refractivity contribution in [3.8, 4) is 11.1 Å². The van der Waals surface area contributed by atoms with Gasteiger partial charge in [0.1, 0.15) is 18.7 Å². The van der Waals surface area contributed by atoms with Crippen molar-refractivity contribution in [1.29, 1.82) is 0 Å². The molecule has 0 saturated heterocycles. The van der Waals surface area contributed by atoms with E-state index in [1.165, 1.54) is 0 Å². The standard InChI is InChI=1S/C43H51N5O8/c1-5-54-39(55-6-2)27-48(29(3)4)41(50)37(23-31-17-14-22-44-24-31)45-40(49)38(26-47(43(52)53)25-30-15-8-7-9-16-30)46-42(51)56-28-36-34-20-12-10-18-32(34)33-19-11-13-21-35(33)36/h7-22,24,29,36-39H,5-6,23,25-28H2,1-4H3,(H,45,49)(H,46,51)(H,52,53). The summed E-state index contributed by atoms with van der Waals surface area (Å²) in [5.74, 6) is -1.43. The van der Waals surface area contributed by atoms with Crippen LogP contribution in [0.4, 0.5) is 9.59 Å². The van der Waals surface area contributed by atoms with Gasteiger partial charge in [0.25, 0.3) is 0 Å². The molecule has 5 rings (SSSR count). The minimum absolute atomic E-state index is 0.0207. The first kappa shape index (κ1) is 41.4. The van der Waals surface area contributed by atoms with Gasteiger partial charge in [-0.3, -0.25) is 14.6 Å². The summed E-state index contributed by atoms with van der Waals surface area (Å²) in [5, 5.41) is 15.7. The molecule has 4 aromatic rings. The predicted octanol–water partition coefficient (Wildman–Crippen LogP) is 5.83. The number of hydrogen-bond donors (Lipinski definition) is 3. The van der Waals surface area contributed by atoms with Crippen LogP contribution in [0.2, 0.25) is 0 Å². The molecule has 2 atom stereocenters. The average Bonchev–Trinajstić information content (AvgIpc) is 3.52. The Balaban J connectivity index is 1.40. The molecule has 1 aliphatic carbocycles. The maximum absolute atomic E-state index is 14.4. The summed E-state index contributed by atoms with van der Waals surface area (Å²) in [5.41, 5.74) is 5.50. The van der Waals surface area contributed by atoms with E-state index in [2.05, 4.69) is 15.6 Å². The molecule has 1 aromatic heterocycles. The molecule has 13 nitrogen and oxygen atoms in total. The average molecular weight is 766 g/mol. The van der Waals surface area contributed by atoms with Gasteiger partial charge in [-0.1, -0.05) is 84.9 Å². The first-order valence-corrected chi connectivity index (χ1v) is 19.0. The quantitative estimate of drug-likeness (QED) is 0.0999. The molecule has 1 aliphatic rings. The van der Waals surface area contributed by atoms with Crippen LogP contribution in [-0.2, 0) is 36.8 Å². The van der Waals surface area contributed by atoms with Gasteiger partial charge in [0.05, 0.1) is 13.1 Å². The van der Waals surface area contributed by atoms with Gasteiger partial charge in [-0.05, 0) is 67.1 Å². The molecule has 1 heterocycles. The van der Waals surface area contributed by atoms with Crippen molar-refractivity contribution in [3.63, 3.8) is 0 Å². The van der Waals surface area contributed by atoms with Gasteiger partial charge < -0.3 is 39.8 Å². The number of hydrogen-bond acceptors (Lipinski definition) is 8. The van der Waals surface area contributed by atoms with Crippen molar-refractivity contribution in [1.82, 2.24) is 25.4 Å². The van der Waals surface area contributed by atoms with Crippen molar-refractivity contribution in [3.05, 3.63) is 126 Å². The number of carboxylic acid groups (broad SMARTS) is 1. The second-order valence-electron chi connectivity index (χ2n) is 13.7. The lowest BCUT2D eigenvalue weighted by Gasteiger charge is -2.34. The van der Waals surface area contributed by atoms with Gasteiger partial charge in [0, 0.05) is 50.5 Å². The summed E-state index contributed by atoms with van der Waals surface area (Å²) in [4.78, 5) is 61.8. The summed E-state index contributed by atoms with van der Waals surface area (Å²) in [6.07, 6.45) is 0.375. The number of amides is 4. The topological polar surface area (TPSA) is 160 Å². The number of pyridine rings is 1. The van der Waals surface area contributed by atoms with Crippen LogP contribution in [0.1, 0.15) is 55.9 Å². The minimum Gasteiger partial charge on any atom is -0.465 e. The number of carbonyl (C=O) groups excluding carboxylic acids is 3. The van der Waals surface area contributed by atoms with Crippen molar-refractivity contribution in [2.24, 2.45) is 0 Å². The Labute approximate surface area is 328 Å². The lowest BCUT2D eigenvalue weighted by atomic mass is 9.98. The Morgan fingerprint density at radius 3 is 1.95 bits per heavy atom. The molecule has 13 heteroatoms. The molecule has 0 spiro atoms. The largest absolute Gasteiger partial charge is 0.465 e. The second kappa shape index (κ2) is 20.2. The molecule has 3 N–H and O–H groups in total. The maximum atomic E-state index is 14.4. The first-order chi connectivity index (χ1) is 27.1. The molecule has 0 aliphatic heterocycles. The van der Waals surface area contributed by atoms with E-state index in [9.17, 15) is 24.3 Å². The number of benzene rings is 3. The van der Waals surface area contributed by atoms with Crippen LogP contribution >= 0.6 is 0 Å². The summed E-state index contributed by atoms with van der Waals surface area (Å²) < 4.78 is 17.3. The zero-order valence-electron chi connectivity index (χ0n) is 32.3. The van der Waals surface area contributed by atoms with Crippen LogP contribution in [0.25, 0.3) is 11.1 Å². The molecule has 56 heavy (non-hydrogen) atoms. The van der Waals surface area contributed by atoms with Crippen LogP contribution in [0.3, 0.4) is 0 Å². The van der Waals surface area contributed by atoms with Crippen LogP contribution in [-0.4, -0.2) is 101 Å². The minimum atomic E-state index is -1.44. The number of fused-ring (bicyclic) bond motifs is 3. The lowest BCUT2D eigenvalue weighted by molar-refractivity contribution is -0.163. The van der Waals surface area contributed by atoms with Gasteiger partial charge in [0.15, 0.2) is 6.29 Å². The number of nitrogens with one attached hydrogen (secondary N) is 2. The molecule has 0 fully saturated rings. The van der Waals surface area contributed by atoms with Crippen LogP contribution in [0.5, 0.6) is 0 Å². The van der Waals surface area contributed by atoms with E-state index in [-0.39, 0.29) is 38.1 Å². The van der Waals surface area contributed by atoms with E-state index >= 15 is 0 Å². The van der Waals surface area contributed by atoms with Gasteiger partial charge in [-0.25, -0.2) is 9.59 Å². The Kier molecular flexibility index (Phi) is 14.9. The first-order valence-electron chi connectivity index (χ1n) is 19.0. The van der Waals surface area contributed by atoms with E-state index in [4.69, 9.17) is 14.2 Å². The predicted molar refractivity (Wildman–Crippen MR) is 211 cm³/mol. The van der Waals surface area contributed by atoms with Crippen molar-refractivity contribution >= 4 is 24.0 Å². The Morgan fingerprint density at radius 2 is 1.38 bits per heavy atom. The Bertz CT molecular complexity index is 1860. The fraction of sp³-hybridized carbons (Fsp3) is 0.372. The lowest BCUT2D eigenvalue weighted by Crippen LogP contribution is -2.59. The summed E-state index contributed by atoms with van der Waals surface area (Å²) >= 11 is 0.